The molecular weight excluding hydrogens is 402 g/mol. The van der Waals surface area contributed by atoms with Crippen molar-refractivity contribution in [1.82, 2.24) is 0 Å². The average molecular weight is 418 g/mol. The van der Waals surface area contributed by atoms with Gasteiger partial charge in [-0.25, -0.2) is 4.85 Å². The van der Waals surface area contributed by atoms with E-state index in [-0.39, 0.29) is 12.2 Å². The van der Waals surface area contributed by atoms with Crippen molar-refractivity contribution in [2.75, 3.05) is 25.7 Å². The van der Waals surface area contributed by atoms with Crippen molar-refractivity contribution in [1.29, 1.82) is 0 Å². The Morgan fingerprint density at radius 3 is 1.97 bits per heavy atom. The van der Waals surface area contributed by atoms with Gasteiger partial charge in [-0.15, -0.1) is 0 Å². The third-order valence-corrected chi connectivity index (χ3v) is 3.93. The lowest BCUT2D eigenvalue weighted by atomic mass is 10.1. The fraction of sp³-hybridized carbons (Fsp3) is 0.316. The van der Waals surface area contributed by atoms with E-state index in [2.05, 4.69) is 4.85 Å². The SMILES string of the molecule is [C-]#[N+]c1ccc(N(Cc2cc(OC)cc(OC)c2)CC(F)(F)F)cc1C(F)(F)F. The highest BCUT2D eigenvalue weighted by Gasteiger charge is 2.36. The van der Waals surface area contributed by atoms with Crippen molar-refractivity contribution >= 4 is 11.4 Å². The van der Waals surface area contributed by atoms with E-state index in [1.54, 1.807) is 0 Å². The summed E-state index contributed by atoms with van der Waals surface area (Å²) in [5, 5.41) is 0. The summed E-state index contributed by atoms with van der Waals surface area (Å²) in [6.45, 7) is 5.01. The van der Waals surface area contributed by atoms with Gasteiger partial charge in [-0.1, -0.05) is 6.07 Å². The van der Waals surface area contributed by atoms with Gasteiger partial charge in [-0.3, -0.25) is 0 Å². The molecule has 0 fully saturated rings. The van der Waals surface area contributed by atoms with Gasteiger partial charge in [-0.05, 0) is 29.8 Å². The highest BCUT2D eigenvalue weighted by atomic mass is 19.4. The molecule has 0 radical (unpaired) electrons. The van der Waals surface area contributed by atoms with E-state index >= 15 is 0 Å². The molecule has 10 heteroatoms. The Balaban J connectivity index is 2.51. The van der Waals surface area contributed by atoms with Crippen LogP contribution in [0.3, 0.4) is 0 Å². The molecule has 0 saturated heterocycles. The van der Waals surface area contributed by atoms with E-state index in [0.717, 1.165) is 17.0 Å². The maximum Gasteiger partial charge on any atom is 0.407 e. The van der Waals surface area contributed by atoms with Crippen LogP contribution in [0, 0.1) is 6.57 Å². The second kappa shape index (κ2) is 8.51. The monoisotopic (exact) mass is 418 g/mol. The Kier molecular flexibility index (Phi) is 6.51. The minimum atomic E-state index is -4.88. The number of halogens is 6. The molecule has 0 amide bonds. The molecule has 0 saturated carbocycles. The lowest BCUT2D eigenvalue weighted by molar-refractivity contribution is -0.136. The van der Waals surface area contributed by atoms with Gasteiger partial charge < -0.3 is 14.4 Å². The van der Waals surface area contributed by atoms with Crippen LogP contribution in [-0.4, -0.2) is 26.9 Å². The molecule has 0 aliphatic rings. The molecule has 0 aromatic heterocycles. The molecule has 0 spiro atoms. The summed E-state index contributed by atoms with van der Waals surface area (Å²) in [7, 11) is 2.73. The number of nitrogens with zero attached hydrogens (tertiary/aromatic N) is 2. The van der Waals surface area contributed by atoms with Crippen LogP contribution in [0.4, 0.5) is 37.7 Å². The van der Waals surface area contributed by atoms with E-state index in [1.165, 1.54) is 32.4 Å². The fourth-order valence-corrected chi connectivity index (χ4v) is 2.68. The average Bonchev–Trinajstić information content (AvgIpc) is 2.64. The number of rotatable bonds is 6. The number of methoxy groups -OCH3 is 2. The zero-order valence-electron chi connectivity index (χ0n) is 15.4. The second-order valence-electron chi connectivity index (χ2n) is 6.00. The van der Waals surface area contributed by atoms with E-state index in [4.69, 9.17) is 16.0 Å². The summed E-state index contributed by atoms with van der Waals surface area (Å²) in [5.74, 6) is 0.649. The summed E-state index contributed by atoms with van der Waals surface area (Å²) < 4.78 is 89.1. The van der Waals surface area contributed by atoms with Gasteiger partial charge in [0.2, 0.25) is 0 Å². The number of ether oxygens (including phenoxy) is 2. The van der Waals surface area contributed by atoms with Crippen molar-refractivity contribution in [2.45, 2.75) is 18.9 Å². The summed E-state index contributed by atoms with van der Waals surface area (Å²) in [5.41, 5.74) is -1.95. The number of hydrogen-bond acceptors (Lipinski definition) is 3. The molecule has 0 atom stereocenters. The molecule has 0 aliphatic heterocycles. The third kappa shape index (κ3) is 5.94. The molecule has 0 heterocycles. The third-order valence-electron chi connectivity index (χ3n) is 3.93. The van der Waals surface area contributed by atoms with Gasteiger partial charge in [-0.2, -0.15) is 26.3 Å². The Bertz CT molecular complexity index is 881. The standard InChI is InChI=1S/C19H16F6N2O2/c1-26-17-5-4-13(8-16(17)19(23,24)25)27(11-18(20,21)22)10-12-6-14(28-2)9-15(7-12)29-3/h4-9H,10-11H2,2-3H3. The van der Waals surface area contributed by atoms with Gasteiger partial charge in [0, 0.05) is 18.3 Å². The Hall–Kier alpha value is -3.09. The minimum absolute atomic E-state index is 0.316. The molecular formula is C19H16F6N2O2. The van der Waals surface area contributed by atoms with Crippen LogP contribution in [0.5, 0.6) is 11.5 Å². The molecule has 2 rings (SSSR count). The lowest BCUT2D eigenvalue weighted by Crippen LogP contribution is -2.34. The van der Waals surface area contributed by atoms with Crippen LogP contribution in [0.25, 0.3) is 4.85 Å². The maximum atomic E-state index is 13.2. The van der Waals surface area contributed by atoms with Crippen molar-refractivity contribution in [3.8, 4) is 11.5 Å². The zero-order chi connectivity index (χ0) is 21.8. The molecule has 2 aromatic rings. The van der Waals surface area contributed by atoms with Crippen LogP contribution < -0.4 is 14.4 Å². The number of benzene rings is 2. The number of hydrogen-bond donors (Lipinski definition) is 0. The van der Waals surface area contributed by atoms with Crippen LogP contribution in [0.15, 0.2) is 36.4 Å². The maximum absolute atomic E-state index is 13.2. The predicted octanol–water partition coefficient (Wildman–Crippen LogP) is 5.84. The van der Waals surface area contributed by atoms with Gasteiger partial charge >= 0.3 is 12.4 Å². The van der Waals surface area contributed by atoms with E-state index < -0.39 is 30.1 Å². The Morgan fingerprint density at radius 2 is 1.52 bits per heavy atom. The van der Waals surface area contributed by atoms with E-state index in [9.17, 15) is 26.3 Å². The molecule has 0 unspecified atom stereocenters. The molecule has 0 N–H and O–H groups in total. The van der Waals surface area contributed by atoms with Crippen LogP contribution in [0.1, 0.15) is 11.1 Å². The highest BCUT2D eigenvalue weighted by Crippen LogP contribution is 2.39. The summed E-state index contributed by atoms with van der Waals surface area (Å²) in [6.07, 6.45) is -9.54. The van der Waals surface area contributed by atoms with Gasteiger partial charge in [0.25, 0.3) is 0 Å². The smallest absolute Gasteiger partial charge is 0.407 e. The van der Waals surface area contributed by atoms with Gasteiger partial charge in [0.1, 0.15) is 18.0 Å². The predicted molar refractivity (Wildman–Crippen MR) is 94.4 cm³/mol. The quantitative estimate of drug-likeness (QED) is 0.435. The fourth-order valence-electron chi connectivity index (χ4n) is 2.68. The molecule has 2 aromatic carbocycles. The second-order valence-corrected chi connectivity index (χ2v) is 6.00. The van der Waals surface area contributed by atoms with E-state index in [1.807, 2.05) is 0 Å². The lowest BCUT2D eigenvalue weighted by Gasteiger charge is -2.27. The first-order chi connectivity index (χ1) is 13.5. The Labute approximate surface area is 163 Å². The molecule has 0 aliphatic carbocycles. The van der Waals surface area contributed by atoms with E-state index in [0.29, 0.717) is 23.1 Å². The van der Waals surface area contributed by atoms with Gasteiger partial charge in [0.15, 0.2) is 5.69 Å². The summed E-state index contributed by atoms with van der Waals surface area (Å²) in [6, 6.07) is 6.92. The molecule has 29 heavy (non-hydrogen) atoms. The Morgan fingerprint density at radius 1 is 0.931 bits per heavy atom. The van der Waals surface area contributed by atoms with Crippen molar-refractivity contribution in [2.24, 2.45) is 0 Å². The minimum Gasteiger partial charge on any atom is -0.497 e. The van der Waals surface area contributed by atoms with Crippen molar-refractivity contribution in [3.05, 3.63) is 58.9 Å². The summed E-state index contributed by atoms with van der Waals surface area (Å²) >= 11 is 0. The zero-order valence-corrected chi connectivity index (χ0v) is 15.4. The molecule has 156 valence electrons. The van der Waals surface area contributed by atoms with Crippen molar-refractivity contribution in [3.63, 3.8) is 0 Å². The van der Waals surface area contributed by atoms with Gasteiger partial charge in [0.05, 0.1) is 26.4 Å². The van der Waals surface area contributed by atoms with Crippen molar-refractivity contribution < 1.29 is 35.8 Å². The number of anilines is 1. The van der Waals surface area contributed by atoms with Crippen LogP contribution >= 0.6 is 0 Å². The first-order valence-corrected chi connectivity index (χ1v) is 8.09. The van der Waals surface area contributed by atoms with Crippen LogP contribution in [-0.2, 0) is 12.7 Å². The first kappa shape index (κ1) is 22.2. The largest absolute Gasteiger partial charge is 0.497 e. The number of alkyl halides is 6. The first-order valence-electron chi connectivity index (χ1n) is 8.09. The molecule has 0 bridgehead atoms. The summed E-state index contributed by atoms with van der Waals surface area (Å²) in [4.78, 5) is 3.54. The highest BCUT2D eigenvalue weighted by molar-refractivity contribution is 5.62. The van der Waals surface area contributed by atoms with Crippen LogP contribution in [0.2, 0.25) is 0 Å². The molecule has 4 nitrogen and oxygen atoms in total. The normalized spacial score (nSPS) is 11.7. The topological polar surface area (TPSA) is 26.1 Å².